The van der Waals surface area contributed by atoms with Crippen LogP contribution in [0, 0.1) is 10.5 Å². The van der Waals surface area contributed by atoms with E-state index in [1.165, 1.54) is 41.8 Å². The topological polar surface area (TPSA) is 0 Å². The van der Waals surface area contributed by atoms with Crippen molar-refractivity contribution in [2.45, 2.75) is 6.92 Å². The minimum Gasteiger partial charge on any atom is -0.0613 e. The fourth-order valence-corrected chi connectivity index (χ4v) is 3.89. The lowest BCUT2D eigenvalue weighted by atomic mass is 9.93. The van der Waals surface area contributed by atoms with Crippen LogP contribution in [0.1, 0.15) is 5.56 Å². The molecule has 0 saturated carbocycles. The first-order chi connectivity index (χ1) is 10.8. The van der Waals surface area contributed by atoms with Crippen LogP contribution in [0.5, 0.6) is 0 Å². The monoisotopic (exact) mass is 394 g/mol. The summed E-state index contributed by atoms with van der Waals surface area (Å²) in [6.45, 7) is 2.18. The van der Waals surface area contributed by atoms with Crippen molar-refractivity contribution in [3.8, 4) is 11.1 Å². The van der Waals surface area contributed by atoms with Gasteiger partial charge in [0.2, 0.25) is 0 Å². The third-order valence-corrected chi connectivity index (χ3v) is 5.24. The SMILES string of the molecule is Cc1cccc2c(-c3cccc4c(I)cccc34)cccc12. The largest absolute Gasteiger partial charge is 0.0613 e. The second kappa shape index (κ2) is 5.40. The Kier molecular flexibility index (Phi) is 3.38. The molecule has 0 unspecified atom stereocenters. The summed E-state index contributed by atoms with van der Waals surface area (Å²) in [4.78, 5) is 0. The van der Waals surface area contributed by atoms with E-state index in [9.17, 15) is 0 Å². The van der Waals surface area contributed by atoms with Crippen molar-refractivity contribution in [2.24, 2.45) is 0 Å². The Labute approximate surface area is 143 Å². The van der Waals surface area contributed by atoms with Crippen molar-refractivity contribution in [1.29, 1.82) is 0 Å². The van der Waals surface area contributed by atoms with Crippen molar-refractivity contribution < 1.29 is 0 Å². The molecule has 0 N–H and O–H groups in total. The Balaban J connectivity index is 2.13. The molecule has 106 valence electrons. The van der Waals surface area contributed by atoms with Crippen LogP contribution in [0.3, 0.4) is 0 Å². The van der Waals surface area contributed by atoms with Crippen molar-refractivity contribution in [1.82, 2.24) is 0 Å². The quantitative estimate of drug-likeness (QED) is 0.320. The van der Waals surface area contributed by atoms with Gasteiger partial charge in [0.25, 0.3) is 0 Å². The van der Waals surface area contributed by atoms with Gasteiger partial charge >= 0.3 is 0 Å². The fourth-order valence-electron chi connectivity index (χ4n) is 3.21. The van der Waals surface area contributed by atoms with Gasteiger partial charge in [0.05, 0.1) is 0 Å². The first kappa shape index (κ1) is 13.8. The molecule has 0 aromatic heterocycles. The van der Waals surface area contributed by atoms with Crippen LogP contribution in [0.15, 0.2) is 72.8 Å². The molecule has 0 aliphatic rings. The highest BCUT2D eigenvalue weighted by atomic mass is 127. The number of rotatable bonds is 1. The molecule has 22 heavy (non-hydrogen) atoms. The Bertz CT molecular complexity index is 916. The smallest absolute Gasteiger partial charge is 0.0209 e. The summed E-state index contributed by atoms with van der Waals surface area (Å²) >= 11 is 2.42. The molecular formula is C21H15I. The lowest BCUT2D eigenvalue weighted by Crippen LogP contribution is -1.86. The number of aryl methyl sites for hydroxylation is 1. The van der Waals surface area contributed by atoms with Gasteiger partial charge in [-0.1, -0.05) is 66.7 Å². The van der Waals surface area contributed by atoms with Crippen molar-refractivity contribution in [3.63, 3.8) is 0 Å². The van der Waals surface area contributed by atoms with E-state index in [1.54, 1.807) is 0 Å². The van der Waals surface area contributed by atoms with Crippen molar-refractivity contribution in [3.05, 3.63) is 81.9 Å². The Hall–Kier alpha value is -1.87. The summed E-state index contributed by atoms with van der Waals surface area (Å²) in [6, 6.07) is 26.3. The van der Waals surface area contributed by atoms with Crippen LogP contribution in [0.25, 0.3) is 32.7 Å². The van der Waals surface area contributed by atoms with E-state index in [0.29, 0.717) is 0 Å². The highest BCUT2D eigenvalue weighted by Crippen LogP contribution is 2.35. The van der Waals surface area contributed by atoms with Crippen LogP contribution in [0.2, 0.25) is 0 Å². The lowest BCUT2D eigenvalue weighted by Gasteiger charge is -2.12. The molecule has 4 rings (SSSR count). The summed E-state index contributed by atoms with van der Waals surface area (Å²) < 4.78 is 1.30. The maximum atomic E-state index is 2.42. The molecule has 0 spiro atoms. The van der Waals surface area contributed by atoms with E-state index in [0.717, 1.165) is 0 Å². The van der Waals surface area contributed by atoms with E-state index >= 15 is 0 Å². The Morgan fingerprint density at radius 1 is 0.545 bits per heavy atom. The van der Waals surface area contributed by atoms with Crippen LogP contribution < -0.4 is 0 Å². The van der Waals surface area contributed by atoms with Crippen molar-refractivity contribution >= 4 is 44.1 Å². The fraction of sp³-hybridized carbons (Fsp3) is 0.0476. The normalized spacial score (nSPS) is 11.2. The average molecular weight is 394 g/mol. The number of benzene rings is 4. The van der Waals surface area contributed by atoms with Gasteiger partial charge in [0.15, 0.2) is 0 Å². The molecule has 0 heterocycles. The zero-order chi connectivity index (χ0) is 15.1. The van der Waals surface area contributed by atoms with Gasteiger partial charge in [-0.3, -0.25) is 0 Å². The van der Waals surface area contributed by atoms with E-state index in [-0.39, 0.29) is 0 Å². The van der Waals surface area contributed by atoms with E-state index in [2.05, 4.69) is 102 Å². The van der Waals surface area contributed by atoms with Gasteiger partial charge in [-0.25, -0.2) is 0 Å². The van der Waals surface area contributed by atoms with E-state index < -0.39 is 0 Å². The van der Waals surface area contributed by atoms with Crippen LogP contribution in [-0.2, 0) is 0 Å². The van der Waals surface area contributed by atoms with Crippen LogP contribution in [-0.4, -0.2) is 0 Å². The zero-order valence-electron chi connectivity index (χ0n) is 12.3. The molecule has 0 aliphatic carbocycles. The molecule has 4 aromatic carbocycles. The van der Waals surface area contributed by atoms with E-state index in [4.69, 9.17) is 0 Å². The molecule has 0 aliphatic heterocycles. The lowest BCUT2D eigenvalue weighted by molar-refractivity contribution is 1.53. The average Bonchev–Trinajstić information content (AvgIpc) is 2.55. The van der Waals surface area contributed by atoms with Gasteiger partial charge in [-0.15, -0.1) is 0 Å². The number of hydrogen-bond donors (Lipinski definition) is 0. The molecule has 0 bridgehead atoms. The Morgan fingerprint density at radius 2 is 1.05 bits per heavy atom. The van der Waals surface area contributed by atoms with Gasteiger partial charge in [-0.05, 0) is 73.8 Å². The predicted molar refractivity (Wildman–Crippen MR) is 104 cm³/mol. The zero-order valence-corrected chi connectivity index (χ0v) is 14.5. The summed E-state index contributed by atoms with van der Waals surface area (Å²) in [6.07, 6.45) is 0. The van der Waals surface area contributed by atoms with Crippen molar-refractivity contribution in [2.75, 3.05) is 0 Å². The third kappa shape index (κ3) is 2.12. The first-order valence-corrected chi connectivity index (χ1v) is 8.49. The highest BCUT2D eigenvalue weighted by Gasteiger charge is 2.09. The minimum atomic E-state index is 1.30. The molecule has 0 amide bonds. The second-order valence-electron chi connectivity index (χ2n) is 5.62. The molecular weight excluding hydrogens is 379 g/mol. The standard InChI is InChI=1S/C21H15I/c1-14-6-2-8-16-15(14)7-3-9-17(16)18-10-4-12-20-19(18)11-5-13-21(20)22/h2-13H,1H3. The summed E-state index contributed by atoms with van der Waals surface area (Å²) in [7, 11) is 0. The number of halogens is 1. The molecule has 0 atom stereocenters. The molecule has 0 saturated heterocycles. The van der Waals surface area contributed by atoms with Gasteiger partial charge in [-0.2, -0.15) is 0 Å². The maximum Gasteiger partial charge on any atom is 0.0209 e. The summed E-state index contributed by atoms with van der Waals surface area (Å²) in [5.74, 6) is 0. The second-order valence-corrected chi connectivity index (χ2v) is 6.78. The van der Waals surface area contributed by atoms with Gasteiger partial charge in [0.1, 0.15) is 0 Å². The van der Waals surface area contributed by atoms with Gasteiger partial charge < -0.3 is 0 Å². The molecule has 1 heteroatoms. The summed E-state index contributed by atoms with van der Waals surface area (Å²) in [5.41, 5.74) is 3.95. The van der Waals surface area contributed by atoms with E-state index in [1.807, 2.05) is 0 Å². The molecule has 4 aromatic rings. The molecule has 0 radical (unpaired) electrons. The van der Waals surface area contributed by atoms with Crippen LogP contribution in [0.4, 0.5) is 0 Å². The number of hydrogen-bond acceptors (Lipinski definition) is 0. The van der Waals surface area contributed by atoms with Gasteiger partial charge in [0, 0.05) is 3.57 Å². The number of fused-ring (bicyclic) bond motifs is 2. The maximum absolute atomic E-state index is 2.42. The highest BCUT2D eigenvalue weighted by molar-refractivity contribution is 14.1. The minimum absolute atomic E-state index is 1.30. The third-order valence-electron chi connectivity index (χ3n) is 4.30. The predicted octanol–water partition coefficient (Wildman–Crippen LogP) is 6.57. The Morgan fingerprint density at radius 3 is 1.77 bits per heavy atom. The molecule has 0 fully saturated rings. The molecule has 0 nitrogen and oxygen atoms in total. The summed E-state index contributed by atoms with van der Waals surface area (Å²) in [5, 5.41) is 5.31. The van der Waals surface area contributed by atoms with Crippen LogP contribution >= 0.6 is 22.6 Å². The first-order valence-electron chi connectivity index (χ1n) is 7.42.